The molecular formula is C15H29NO3. The van der Waals surface area contributed by atoms with Crippen molar-refractivity contribution >= 4 is 0 Å². The lowest BCUT2D eigenvalue weighted by molar-refractivity contribution is -0.207. The van der Waals surface area contributed by atoms with Crippen molar-refractivity contribution in [3.63, 3.8) is 0 Å². The number of nitrogens with one attached hydrogen (secondary N) is 1. The molecule has 0 amide bonds. The Balaban J connectivity index is 1.84. The Hall–Kier alpha value is -0.160. The highest BCUT2D eigenvalue weighted by Gasteiger charge is 2.45. The van der Waals surface area contributed by atoms with Crippen molar-refractivity contribution in [1.29, 1.82) is 0 Å². The molecule has 2 aliphatic rings. The number of hydrogen-bond donors (Lipinski definition) is 1. The maximum Gasteiger partial charge on any atom is 0.171 e. The minimum absolute atomic E-state index is 0.226. The average Bonchev–Trinajstić information content (AvgIpc) is 2.86. The van der Waals surface area contributed by atoms with E-state index in [-0.39, 0.29) is 11.9 Å². The molecule has 19 heavy (non-hydrogen) atoms. The predicted octanol–water partition coefficient (Wildman–Crippen LogP) is 2.47. The summed E-state index contributed by atoms with van der Waals surface area (Å²) >= 11 is 0. The van der Waals surface area contributed by atoms with Crippen molar-refractivity contribution in [2.45, 2.75) is 70.3 Å². The molecule has 112 valence electrons. The Morgan fingerprint density at radius 1 is 1.21 bits per heavy atom. The van der Waals surface area contributed by atoms with E-state index in [9.17, 15) is 0 Å². The van der Waals surface area contributed by atoms with Crippen LogP contribution in [0.2, 0.25) is 0 Å². The zero-order valence-electron chi connectivity index (χ0n) is 12.5. The van der Waals surface area contributed by atoms with Crippen LogP contribution < -0.4 is 5.32 Å². The van der Waals surface area contributed by atoms with Gasteiger partial charge in [0, 0.05) is 25.5 Å². The van der Waals surface area contributed by atoms with Crippen molar-refractivity contribution in [1.82, 2.24) is 5.32 Å². The summed E-state index contributed by atoms with van der Waals surface area (Å²) in [4.78, 5) is 0. The third-order valence-corrected chi connectivity index (χ3v) is 4.16. The first kappa shape index (κ1) is 15.2. The molecule has 0 aromatic carbocycles. The number of hydrogen-bond acceptors (Lipinski definition) is 4. The van der Waals surface area contributed by atoms with Gasteiger partial charge < -0.3 is 19.5 Å². The van der Waals surface area contributed by atoms with Gasteiger partial charge in [0.15, 0.2) is 5.79 Å². The number of likely N-dealkylation sites (N-methyl/N-ethyl adjacent to an activating group) is 1. The van der Waals surface area contributed by atoms with Gasteiger partial charge in [-0.15, -0.1) is 0 Å². The number of unbranched alkanes of at least 4 members (excludes halogenated alkanes) is 2. The largest absolute Gasteiger partial charge is 0.376 e. The van der Waals surface area contributed by atoms with Crippen LogP contribution in [0.4, 0.5) is 0 Å². The second-order valence-electron chi connectivity index (χ2n) is 5.63. The Morgan fingerprint density at radius 2 is 2.00 bits per heavy atom. The van der Waals surface area contributed by atoms with E-state index in [2.05, 4.69) is 19.2 Å². The second kappa shape index (κ2) is 7.58. The van der Waals surface area contributed by atoms with Crippen LogP contribution in [0.5, 0.6) is 0 Å². The summed E-state index contributed by atoms with van der Waals surface area (Å²) < 4.78 is 17.8. The smallest absolute Gasteiger partial charge is 0.171 e. The molecule has 2 unspecified atom stereocenters. The lowest BCUT2D eigenvalue weighted by Crippen LogP contribution is -2.52. The molecule has 1 N–H and O–H groups in total. The topological polar surface area (TPSA) is 39.7 Å². The van der Waals surface area contributed by atoms with Gasteiger partial charge in [-0.3, -0.25) is 0 Å². The monoisotopic (exact) mass is 271 g/mol. The fraction of sp³-hybridized carbons (Fsp3) is 1.00. The van der Waals surface area contributed by atoms with E-state index in [1.807, 2.05) is 0 Å². The third-order valence-electron chi connectivity index (χ3n) is 4.16. The van der Waals surface area contributed by atoms with Crippen LogP contribution in [0.15, 0.2) is 0 Å². The van der Waals surface area contributed by atoms with Crippen LogP contribution in [-0.2, 0) is 14.2 Å². The van der Waals surface area contributed by atoms with Crippen LogP contribution in [0, 0.1) is 0 Å². The molecule has 0 aromatic heterocycles. The van der Waals surface area contributed by atoms with E-state index in [0.29, 0.717) is 6.04 Å². The summed E-state index contributed by atoms with van der Waals surface area (Å²) in [6, 6.07) is 0.449. The van der Waals surface area contributed by atoms with Gasteiger partial charge in [-0.25, -0.2) is 0 Å². The summed E-state index contributed by atoms with van der Waals surface area (Å²) in [5, 5.41) is 3.55. The Kier molecular flexibility index (Phi) is 6.07. The first-order valence-electron chi connectivity index (χ1n) is 7.92. The van der Waals surface area contributed by atoms with E-state index in [0.717, 1.165) is 52.0 Å². The third kappa shape index (κ3) is 4.15. The molecule has 0 radical (unpaired) electrons. The van der Waals surface area contributed by atoms with Crippen molar-refractivity contribution in [3.8, 4) is 0 Å². The van der Waals surface area contributed by atoms with Gasteiger partial charge in [-0.2, -0.15) is 0 Å². The lowest BCUT2D eigenvalue weighted by Gasteiger charge is -2.41. The number of ether oxygens (including phenoxy) is 3. The molecule has 1 aliphatic heterocycles. The molecule has 0 aromatic rings. The van der Waals surface area contributed by atoms with Crippen LogP contribution in [-0.4, -0.2) is 44.3 Å². The second-order valence-corrected chi connectivity index (χ2v) is 5.63. The standard InChI is InChI=1S/C15H29NO3/c1-3-5-6-9-17-14-12-15(18-10-11-19-15)8-7-13(14)16-4-2/h13-14,16H,3-12H2,1-2H3. The Bertz CT molecular complexity index is 254. The van der Waals surface area contributed by atoms with Crippen LogP contribution in [0.25, 0.3) is 0 Å². The van der Waals surface area contributed by atoms with Gasteiger partial charge in [0.25, 0.3) is 0 Å². The maximum absolute atomic E-state index is 6.11. The molecule has 1 saturated heterocycles. The summed E-state index contributed by atoms with van der Waals surface area (Å²) in [6.45, 7) is 7.69. The molecule has 1 aliphatic carbocycles. The lowest BCUT2D eigenvalue weighted by atomic mass is 9.87. The molecule has 1 saturated carbocycles. The molecule has 1 heterocycles. The first-order valence-corrected chi connectivity index (χ1v) is 7.92. The summed E-state index contributed by atoms with van der Waals surface area (Å²) in [5.74, 6) is -0.346. The highest BCUT2D eigenvalue weighted by molar-refractivity contribution is 4.92. The van der Waals surface area contributed by atoms with E-state index in [1.54, 1.807) is 0 Å². The summed E-state index contributed by atoms with van der Waals surface area (Å²) in [7, 11) is 0. The van der Waals surface area contributed by atoms with E-state index in [4.69, 9.17) is 14.2 Å². The van der Waals surface area contributed by atoms with E-state index < -0.39 is 0 Å². The van der Waals surface area contributed by atoms with Crippen LogP contribution in [0.1, 0.15) is 52.4 Å². The Morgan fingerprint density at radius 3 is 2.68 bits per heavy atom. The van der Waals surface area contributed by atoms with Gasteiger partial charge in [-0.05, 0) is 19.4 Å². The quantitative estimate of drug-likeness (QED) is 0.722. The van der Waals surface area contributed by atoms with Gasteiger partial charge >= 0.3 is 0 Å². The summed E-state index contributed by atoms with van der Waals surface area (Å²) in [6.07, 6.45) is 6.80. The van der Waals surface area contributed by atoms with Gasteiger partial charge in [-0.1, -0.05) is 26.7 Å². The van der Waals surface area contributed by atoms with E-state index in [1.165, 1.54) is 12.8 Å². The average molecular weight is 271 g/mol. The fourth-order valence-electron chi connectivity index (χ4n) is 3.13. The maximum atomic E-state index is 6.11. The molecular weight excluding hydrogens is 242 g/mol. The Labute approximate surface area is 117 Å². The van der Waals surface area contributed by atoms with Gasteiger partial charge in [0.05, 0.1) is 19.3 Å². The predicted molar refractivity (Wildman–Crippen MR) is 75.2 cm³/mol. The highest BCUT2D eigenvalue weighted by Crippen LogP contribution is 2.37. The molecule has 4 heteroatoms. The normalized spacial score (nSPS) is 30.0. The molecule has 1 spiro atoms. The van der Waals surface area contributed by atoms with Crippen molar-refractivity contribution in [2.24, 2.45) is 0 Å². The zero-order chi connectivity index (χ0) is 13.6. The van der Waals surface area contributed by atoms with E-state index >= 15 is 0 Å². The fourth-order valence-corrected chi connectivity index (χ4v) is 3.13. The molecule has 0 bridgehead atoms. The zero-order valence-corrected chi connectivity index (χ0v) is 12.5. The molecule has 2 rings (SSSR count). The minimum atomic E-state index is -0.346. The highest BCUT2D eigenvalue weighted by atomic mass is 16.7. The number of rotatable bonds is 7. The van der Waals surface area contributed by atoms with Crippen LogP contribution >= 0.6 is 0 Å². The summed E-state index contributed by atoms with van der Waals surface area (Å²) in [5.41, 5.74) is 0. The SMILES string of the molecule is CCCCCOC1CC2(CCC1NCC)OCCO2. The van der Waals surface area contributed by atoms with Crippen LogP contribution in [0.3, 0.4) is 0 Å². The molecule has 2 atom stereocenters. The van der Waals surface area contributed by atoms with Crippen molar-refractivity contribution in [3.05, 3.63) is 0 Å². The van der Waals surface area contributed by atoms with Crippen molar-refractivity contribution < 1.29 is 14.2 Å². The molecule has 2 fully saturated rings. The van der Waals surface area contributed by atoms with Gasteiger partial charge in [0.1, 0.15) is 0 Å². The van der Waals surface area contributed by atoms with Gasteiger partial charge in [0.2, 0.25) is 0 Å². The van der Waals surface area contributed by atoms with Crippen molar-refractivity contribution in [2.75, 3.05) is 26.4 Å². The first-order chi connectivity index (χ1) is 9.29. The minimum Gasteiger partial charge on any atom is -0.376 e. The molecule has 4 nitrogen and oxygen atoms in total.